The second-order valence-corrected chi connectivity index (χ2v) is 11.0. The van der Waals surface area contributed by atoms with Crippen molar-refractivity contribution >= 4 is 17.5 Å². The third-order valence-corrected chi connectivity index (χ3v) is 7.57. The summed E-state index contributed by atoms with van der Waals surface area (Å²) in [7, 11) is 2.09. The number of carbonyl (C=O) groups is 1. The first-order valence-corrected chi connectivity index (χ1v) is 13.3. The fourth-order valence-electron chi connectivity index (χ4n) is 5.14. The second-order valence-electron chi connectivity index (χ2n) is 10.5. The summed E-state index contributed by atoms with van der Waals surface area (Å²) in [5.74, 6) is 0.848. The number of halogens is 1. The summed E-state index contributed by atoms with van der Waals surface area (Å²) in [5, 5.41) is 5.43. The Labute approximate surface area is 220 Å². The van der Waals surface area contributed by atoms with Gasteiger partial charge in [-0.05, 0) is 59.0 Å². The predicted molar refractivity (Wildman–Crippen MR) is 142 cm³/mol. The molecule has 1 aromatic heterocycles. The highest BCUT2D eigenvalue weighted by atomic mass is 35.5. The van der Waals surface area contributed by atoms with Crippen molar-refractivity contribution in [2.45, 2.75) is 52.3 Å². The smallest absolute Gasteiger partial charge is 0.225 e. The third-order valence-electron chi connectivity index (χ3n) is 7.32. The first-order chi connectivity index (χ1) is 17.2. The summed E-state index contributed by atoms with van der Waals surface area (Å²) in [4.78, 5) is 20.0. The van der Waals surface area contributed by atoms with E-state index in [1.165, 1.54) is 11.3 Å². The third kappa shape index (κ3) is 6.40. The molecule has 0 saturated carbocycles. The van der Waals surface area contributed by atoms with Crippen LogP contribution in [0.3, 0.4) is 0 Å². The SMILES string of the molecule is Cc1nn(C(C)C)c(C)c1CN1CCO[C@@](COc2ccc(Cl)cc2)(CC(=O)N2CCN(C)CC2)C1. The molecule has 1 atom stereocenters. The standard InChI is InChI=1S/C27H40ClN5O3/c1-20(2)33-22(4)25(21(3)29-33)17-31-14-15-36-27(18-31,19-35-24-8-6-23(28)7-9-24)16-26(34)32-12-10-30(5)11-13-32/h6-9,20H,10-19H2,1-5H3/t27-/m0/s1. The first-order valence-electron chi connectivity index (χ1n) is 12.9. The van der Waals surface area contributed by atoms with E-state index in [0.717, 1.165) is 50.7 Å². The number of piperazine rings is 1. The summed E-state index contributed by atoms with van der Waals surface area (Å²) >= 11 is 6.05. The van der Waals surface area contributed by atoms with Gasteiger partial charge in [0, 0.05) is 68.1 Å². The summed E-state index contributed by atoms with van der Waals surface area (Å²) in [6.07, 6.45) is 0.296. The molecule has 0 radical (unpaired) electrons. The quantitative estimate of drug-likeness (QED) is 0.533. The van der Waals surface area contributed by atoms with E-state index in [2.05, 4.69) is 49.2 Å². The van der Waals surface area contributed by atoms with Gasteiger partial charge in [-0.2, -0.15) is 5.10 Å². The van der Waals surface area contributed by atoms with Gasteiger partial charge in [-0.15, -0.1) is 0 Å². The zero-order valence-electron chi connectivity index (χ0n) is 22.3. The highest BCUT2D eigenvalue weighted by Crippen LogP contribution is 2.28. The normalized spacial score (nSPS) is 21.8. The molecule has 2 aromatic rings. The van der Waals surface area contributed by atoms with Crippen LogP contribution in [0.2, 0.25) is 5.02 Å². The lowest BCUT2D eigenvalue weighted by molar-refractivity contribution is -0.158. The van der Waals surface area contributed by atoms with Gasteiger partial charge in [-0.3, -0.25) is 14.4 Å². The largest absolute Gasteiger partial charge is 0.491 e. The fourth-order valence-corrected chi connectivity index (χ4v) is 5.27. The minimum atomic E-state index is -0.728. The molecule has 0 unspecified atom stereocenters. The summed E-state index contributed by atoms with van der Waals surface area (Å²) < 4.78 is 14.7. The Hall–Kier alpha value is -2.13. The summed E-state index contributed by atoms with van der Waals surface area (Å²) in [6.45, 7) is 14.9. The van der Waals surface area contributed by atoms with Crippen molar-refractivity contribution in [3.05, 3.63) is 46.2 Å². The number of nitrogens with zero attached hydrogens (tertiary/aromatic N) is 5. The molecule has 0 N–H and O–H groups in total. The highest BCUT2D eigenvalue weighted by Gasteiger charge is 2.41. The molecule has 2 fully saturated rings. The molecular formula is C27H40ClN5O3. The number of amides is 1. The lowest BCUT2D eigenvalue weighted by Crippen LogP contribution is -2.58. The van der Waals surface area contributed by atoms with Crippen LogP contribution in [0, 0.1) is 13.8 Å². The van der Waals surface area contributed by atoms with Crippen LogP contribution in [0.25, 0.3) is 0 Å². The highest BCUT2D eigenvalue weighted by molar-refractivity contribution is 6.30. The van der Waals surface area contributed by atoms with Gasteiger partial charge < -0.3 is 19.3 Å². The molecule has 2 aliphatic heterocycles. The number of morpholine rings is 1. The minimum absolute atomic E-state index is 0.129. The van der Waals surface area contributed by atoms with Crippen LogP contribution in [-0.4, -0.2) is 95.5 Å². The van der Waals surface area contributed by atoms with Gasteiger partial charge >= 0.3 is 0 Å². The molecule has 0 spiro atoms. The average molecular weight is 518 g/mol. The van der Waals surface area contributed by atoms with Crippen LogP contribution in [0.15, 0.2) is 24.3 Å². The number of benzene rings is 1. The fraction of sp³-hybridized carbons (Fsp3) is 0.630. The van der Waals surface area contributed by atoms with E-state index in [9.17, 15) is 4.79 Å². The second kappa shape index (κ2) is 11.5. The summed E-state index contributed by atoms with van der Waals surface area (Å²) in [6, 6.07) is 7.64. The Morgan fingerprint density at radius 2 is 1.83 bits per heavy atom. The number of hydrogen-bond donors (Lipinski definition) is 0. The van der Waals surface area contributed by atoms with Gasteiger partial charge in [-0.25, -0.2) is 0 Å². The summed E-state index contributed by atoms with van der Waals surface area (Å²) in [5.41, 5.74) is 2.78. The van der Waals surface area contributed by atoms with Crippen molar-refractivity contribution in [1.29, 1.82) is 0 Å². The lowest BCUT2D eigenvalue weighted by atomic mass is 9.96. The lowest BCUT2D eigenvalue weighted by Gasteiger charge is -2.43. The van der Waals surface area contributed by atoms with Crippen LogP contribution in [-0.2, 0) is 16.1 Å². The van der Waals surface area contributed by atoms with Crippen LogP contribution >= 0.6 is 11.6 Å². The molecule has 198 valence electrons. The number of aryl methyl sites for hydroxylation is 1. The molecule has 1 aromatic carbocycles. The number of likely N-dealkylation sites (N-methyl/N-ethyl adjacent to an activating group) is 1. The van der Waals surface area contributed by atoms with Crippen LogP contribution < -0.4 is 4.74 Å². The van der Waals surface area contributed by atoms with E-state index < -0.39 is 5.60 Å². The Kier molecular flexibility index (Phi) is 8.60. The van der Waals surface area contributed by atoms with Gasteiger partial charge in [0.1, 0.15) is 18.0 Å². The molecule has 2 saturated heterocycles. The average Bonchev–Trinajstić information content (AvgIpc) is 3.13. The maximum Gasteiger partial charge on any atom is 0.225 e. The number of carbonyl (C=O) groups excluding carboxylic acids is 1. The maximum atomic E-state index is 13.4. The monoisotopic (exact) mass is 517 g/mol. The van der Waals surface area contributed by atoms with E-state index in [0.29, 0.717) is 37.2 Å². The van der Waals surface area contributed by atoms with E-state index in [-0.39, 0.29) is 5.91 Å². The van der Waals surface area contributed by atoms with E-state index in [1.54, 1.807) is 0 Å². The molecule has 9 heteroatoms. The molecule has 3 heterocycles. The van der Waals surface area contributed by atoms with E-state index >= 15 is 0 Å². The zero-order chi connectivity index (χ0) is 25.9. The van der Waals surface area contributed by atoms with Gasteiger partial charge in [0.15, 0.2) is 0 Å². The minimum Gasteiger partial charge on any atom is -0.491 e. The van der Waals surface area contributed by atoms with Crippen LogP contribution in [0.5, 0.6) is 5.75 Å². The Balaban J connectivity index is 1.51. The predicted octanol–water partition coefficient (Wildman–Crippen LogP) is 3.55. The number of hydrogen-bond acceptors (Lipinski definition) is 6. The van der Waals surface area contributed by atoms with Crippen molar-refractivity contribution in [2.24, 2.45) is 0 Å². The Bertz CT molecular complexity index is 1030. The maximum absolute atomic E-state index is 13.4. The molecular weight excluding hydrogens is 478 g/mol. The first kappa shape index (κ1) is 26.9. The van der Waals surface area contributed by atoms with Crippen molar-refractivity contribution in [2.75, 3.05) is 59.5 Å². The zero-order valence-corrected chi connectivity index (χ0v) is 23.1. The topological polar surface area (TPSA) is 63.1 Å². The molecule has 1 amide bonds. The molecule has 4 rings (SSSR count). The van der Waals surface area contributed by atoms with Crippen molar-refractivity contribution < 1.29 is 14.3 Å². The van der Waals surface area contributed by atoms with Crippen molar-refractivity contribution in [3.63, 3.8) is 0 Å². The molecule has 0 aliphatic carbocycles. The number of ether oxygens (including phenoxy) is 2. The van der Waals surface area contributed by atoms with Gasteiger partial charge in [0.25, 0.3) is 0 Å². The van der Waals surface area contributed by atoms with Crippen molar-refractivity contribution in [3.8, 4) is 5.75 Å². The molecule has 0 bridgehead atoms. The van der Waals surface area contributed by atoms with E-state index in [1.807, 2.05) is 29.2 Å². The van der Waals surface area contributed by atoms with Gasteiger partial charge in [0.2, 0.25) is 5.91 Å². The Morgan fingerprint density at radius 3 is 2.47 bits per heavy atom. The Morgan fingerprint density at radius 1 is 1.14 bits per heavy atom. The number of rotatable bonds is 8. The van der Waals surface area contributed by atoms with Gasteiger partial charge in [0.05, 0.1) is 18.7 Å². The van der Waals surface area contributed by atoms with E-state index in [4.69, 9.17) is 26.2 Å². The van der Waals surface area contributed by atoms with Crippen LogP contribution in [0.4, 0.5) is 0 Å². The molecule has 36 heavy (non-hydrogen) atoms. The molecule has 8 nitrogen and oxygen atoms in total. The molecule has 2 aliphatic rings. The van der Waals surface area contributed by atoms with Gasteiger partial charge in [-0.1, -0.05) is 11.6 Å². The van der Waals surface area contributed by atoms with Crippen LogP contribution in [0.1, 0.15) is 43.3 Å². The number of aromatic nitrogens is 2. The van der Waals surface area contributed by atoms with Crippen molar-refractivity contribution in [1.82, 2.24) is 24.5 Å².